The number of aliphatic hydroxyl groups is 1. The number of aromatic nitrogens is 2. The Kier molecular flexibility index (Phi) is 2.90. The summed E-state index contributed by atoms with van der Waals surface area (Å²) in [6, 6.07) is 2.02. The maximum absolute atomic E-state index is 9.91. The predicted molar refractivity (Wildman–Crippen MR) is 57.6 cm³/mol. The molecule has 5 heteroatoms. The Morgan fingerprint density at radius 2 is 2.43 bits per heavy atom. The van der Waals surface area contributed by atoms with E-state index in [9.17, 15) is 5.11 Å². The Morgan fingerprint density at radius 3 is 3.00 bits per heavy atom. The zero-order valence-electron chi connectivity index (χ0n) is 7.67. The summed E-state index contributed by atoms with van der Waals surface area (Å²) in [6.07, 6.45) is 1.81. The molecule has 3 nitrogen and oxygen atoms in total. The number of thiophene rings is 1. The minimum Gasteiger partial charge on any atom is -0.387 e. The molecule has 1 N–H and O–H groups in total. The van der Waals surface area contributed by atoms with Crippen molar-refractivity contribution < 1.29 is 5.11 Å². The maximum Gasteiger partial charge on any atom is 0.0940 e. The molecule has 2 aromatic heterocycles. The van der Waals surface area contributed by atoms with Crippen LogP contribution in [0.15, 0.2) is 17.6 Å². The van der Waals surface area contributed by atoms with Crippen LogP contribution in [-0.4, -0.2) is 13.9 Å². The van der Waals surface area contributed by atoms with Crippen LogP contribution in [0, 0.1) is 6.92 Å². The Labute approximate surface area is 90.4 Å². The fourth-order valence-electron chi connectivity index (χ4n) is 1.29. The smallest absolute Gasteiger partial charge is 0.0940 e. The fourth-order valence-corrected chi connectivity index (χ4v) is 2.65. The van der Waals surface area contributed by atoms with Crippen LogP contribution >= 0.6 is 23.1 Å². The van der Waals surface area contributed by atoms with Crippen LogP contribution in [0.2, 0.25) is 0 Å². The summed E-state index contributed by atoms with van der Waals surface area (Å²) in [5.41, 5.74) is 2.00. The first-order chi connectivity index (χ1) is 6.77. The number of hydrogen-bond acceptors (Lipinski definition) is 5. The number of hydrogen-bond donors (Lipinski definition) is 1. The lowest BCUT2D eigenvalue weighted by molar-refractivity contribution is 0.180. The average molecular weight is 226 g/mol. The molecule has 1 atom stereocenters. The number of aryl methyl sites for hydroxylation is 1. The third-order valence-electron chi connectivity index (χ3n) is 2.01. The van der Waals surface area contributed by atoms with E-state index in [0.717, 1.165) is 16.1 Å². The van der Waals surface area contributed by atoms with Crippen molar-refractivity contribution in [2.75, 3.05) is 0 Å². The average Bonchev–Trinajstić information content (AvgIpc) is 2.75. The monoisotopic (exact) mass is 226 g/mol. The van der Waals surface area contributed by atoms with Gasteiger partial charge in [0.05, 0.1) is 29.7 Å². The largest absolute Gasteiger partial charge is 0.387 e. The van der Waals surface area contributed by atoms with Crippen molar-refractivity contribution in [2.45, 2.75) is 19.4 Å². The second-order valence-electron chi connectivity index (χ2n) is 3.09. The maximum atomic E-state index is 9.91. The minimum absolute atomic E-state index is 0.445. The Balaban J connectivity index is 2.10. The van der Waals surface area contributed by atoms with Crippen LogP contribution in [0.25, 0.3) is 0 Å². The zero-order chi connectivity index (χ0) is 9.97. The summed E-state index contributed by atoms with van der Waals surface area (Å²) >= 11 is 2.76. The number of nitrogens with zero attached hydrogens (tertiary/aromatic N) is 2. The topological polar surface area (TPSA) is 46.0 Å². The third kappa shape index (κ3) is 2.00. The SMILES string of the molecule is Cc1ccsc1C(O)Cc1cnsn1. The molecule has 0 bridgehead atoms. The molecule has 14 heavy (non-hydrogen) atoms. The molecule has 0 aliphatic rings. The van der Waals surface area contributed by atoms with Gasteiger partial charge in [-0.1, -0.05) is 0 Å². The summed E-state index contributed by atoms with van der Waals surface area (Å²) < 4.78 is 7.97. The van der Waals surface area contributed by atoms with Gasteiger partial charge in [-0.2, -0.15) is 8.75 Å². The van der Waals surface area contributed by atoms with Crippen molar-refractivity contribution in [3.63, 3.8) is 0 Å². The first-order valence-electron chi connectivity index (χ1n) is 4.26. The zero-order valence-corrected chi connectivity index (χ0v) is 9.31. The molecule has 0 aliphatic carbocycles. The van der Waals surface area contributed by atoms with Gasteiger partial charge >= 0.3 is 0 Å². The minimum atomic E-state index is -0.445. The van der Waals surface area contributed by atoms with E-state index in [4.69, 9.17) is 0 Å². The molecule has 0 saturated heterocycles. The van der Waals surface area contributed by atoms with E-state index >= 15 is 0 Å². The standard InChI is InChI=1S/C9H10N2OS2/c1-6-2-3-13-9(6)8(12)4-7-5-10-14-11-7/h2-3,5,8,12H,4H2,1H3. The van der Waals surface area contributed by atoms with E-state index in [1.165, 1.54) is 11.7 Å². The molecule has 0 amide bonds. The second-order valence-corrected chi connectivity index (χ2v) is 4.59. The highest BCUT2D eigenvalue weighted by Gasteiger charge is 2.13. The van der Waals surface area contributed by atoms with Gasteiger partial charge in [-0.3, -0.25) is 0 Å². The molecule has 2 heterocycles. The summed E-state index contributed by atoms with van der Waals surface area (Å²) in [5, 5.41) is 11.9. The molecule has 74 valence electrons. The molecule has 0 saturated carbocycles. The molecule has 2 aromatic rings. The third-order valence-corrected chi connectivity index (χ3v) is 3.65. The van der Waals surface area contributed by atoms with Gasteiger partial charge < -0.3 is 5.11 Å². The normalized spacial score (nSPS) is 13.0. The summed E-state index contributed by atoms with van der Waals surface area (Å²) in [7, 11) is 0. The van der Waals surface area contributed by atoms with Crippen LogP contribution in [0.1, 0.15) is 22.2 Å². The van der Waals surface area contributed by atoms with Gasteiger partial charge in [0, 0.05) is 11.3 Å². The lowest BCUT2D eigenvalue weighted by atomic mass is 10.1. The lowest BCUT2D eigenvalue weighted by Gasteiger charge is -2.07. The van der Waals surface area contributed by atoms with Crippen molar-refractivity contribution in [1.29, 1.82) is 0 Å². The van der Waals surface area contributed by atoms with E-state index in [1.54, 1.807) is 17.5 Å². The summed E-state index contributed by atoms with van der Waals surface area (Å²) in [6.45, 7) is 2.01. The van der Waals surface area contributed by atoms with Crippen molar-refractivity contribution in [3.8, 4) is 0 Å². The second kappa shape index (κ2) is 4.16. The van der Waals surface area contributed by atoms with Crippen molar-refractivity contribution >= 4 is 23.1 Å². The molecule has 0 radical (unpaired) electrons. The van der Waals surface area contributed by atoms with Gasteiger partial charge in [-0.15, -0.1) is 11.3 Å². The highest BCUT2D eigenvalue weighted by Crippen LogP contribution is 2.26. The predicted octanol–water partition coefficient (Wildman–Crippen LogP) is 2.18. The van der Waals surface area contributed by atoms with Gasteiger partial charge in [-0.05, 0) is 23.9 Å². The Morgan fingerprint density at radius 1 is 1.57 bits per heavy atom. The van der Waals surface area contributed by atoms with Crippen molar-refractivity contribution in [1.82, 2.24) is 8.75 Å². The molecule has 0 fully saturated rings. The molecular weight excluding hydrogens is 216 g/mol. The summed E-state index contributed by atoms with van der Waals surface area (Å²) in [4.78, 5) is 1.03. The van der Waals surface area contributed by atoms with E-state index in [1.807, 2.05) is 18.4 Å². The molecule has 0 aromatic carbocycles. The van der Waals surface area contributed by atoms with Crippen LogP contribution in [0.4, 0.5) is 0 Å². The number of aliphatic hydroxyl groups excluding tert-OH is 1. The van der Waals surface area contributed by atoms with E-state index in [-0.39, 0.29) is 0 Å². The van der Waals surface area contributed by atoms with Crippen molar-refractivity contribution in [3.05, 3.63) is 33.8 Å². The van der Waals surface area contributed by atoms with Gasteiger partial charge in [0.15, 0.2) is 0 Å². The van der Waals surface area contributed by atoms with Crippen LogP contribution < -0.4 is 0 Å². The lowest BCUT2D eigenvalue weighted by Crippen LogP contribution is -2.01. The van der Waals surface area contributed by atoms with Crippen LogP contribution in [0.3, 0.4) is 0 Å². The highest BCUT2D eigenvalue weighted by atomic mass is 32.1. The van der Waals surface area contributed by atoms with E-state index in [0.29, 0.717) is 6.42 Å². The Hall–Kier alpha value is -0.780. The van der Waals surface area contributed by atoms with Gasteiger partial charge in [0.1, 0.15) is 0 Å². The van der Waals surface area contributed by atoms with E-state index in [2.05, 4.69) is 8.75 Å². The van der Waals surface area contributed by atoms with Crippen LogP contribution in [-0.2, 0) is 6.42 Å². The fraction of sp³-hybridized carbons (Fsp3) is 0.333. The van der Waals surface area contributed by atoms with Crippen molar-refractivity contribution in [2.24, 2.45) is 0 Å². The first kappa shape index (κ1) is 9.76. The Bertz CT molecular complexity index is 397. The summed E-state index contributed by atoms with van der Waals surface area (Å²) in [5.74, 6) is 0. The molecule has 2 rings (SSSR count). The first-order valence-corrected chi connectivity index (χ1v) is 5.87. The van der Waals surface area contributed by atoms with Gasteiger partial charge in [-0.25, -0.2) is 0 Å². The molecule has 0 aliphatic heterocycles. The molecule has 0 spiro atoms. The molecular formula is C9H10N2OS2. The van der Waals surface area contributed by atoms with Gasteiger partial charge in [0.2, 0.25) is 0 Å². The quantitative estimate of drug-likeness (QED) is 0.872. The number of rotatable bonds is 3. The van der Waals surface area contributed by atoms with Crippen LogP contribution in [0.5, 0.6) is 0 Å². The van der Waals surface area contributed by atoms with E-state index < -0.39 is 6.10 Å². The molecule has 1 unspecified atom stereocenters. The highest BCUT2D eigenvalue weighted by molar-refractivity contribution is 7.10. The van der Waals surface area contributed by atoms with Gasteiger partial charge in [0.25, 0.3) is 0 Å².